The normalized spacial score (nSPS) is 12.7. The molecule has 1 unspecified atom stereocenters. The van der Waals surface area contributed by atoms with Crippen molar-refractivity contribution < 1.29 is 0 Å². The Morgan fingerprint density at radius 1 is 0.763 bits per heavy atom. The number of fused-ring (bicyclic) bond motifs is 2. The Morgan fingerprint density at radius 2 is 1.42 bits per heavy atom. The van der Waals surface area contributed by atoms with E-state index in [0.29, 0.717) is 10.0 Å². The van der Waals surface area contributed by atoms with Crippen molar-refractivity contribution in [2.75, 3.05) is 5.32 Å². The highest BCUT2D eigenvalue weighted by atomic mass is 35.5. The molecule has 4 aromatic rings. The number of aromatic nitrogens is 2. The van der Waals surface area contributed by atoms with Crippen LogP contribution in [0.25, 0.3) is 28.1 Å². The molecule has 0 aromatic heterocycles. The fourth-order valence-electron chi connectivity index (χ4n) is 4.62. The van der Waals surface area contributed by atoms with Crippen LogP contribution < -0.4 is 10.7 Å². The average molecular weight is 535 g/mol. The van der Waals surface area contributed by atoms with Gasteiger partial charge < -0.3 is 9.88 Å². The van der Waals surface area contributed by atoms with E-state index < -0.39 is 0 Å². The molecule has 1 atom stereocenters. The Kier molecular flexibility index (Phi) is 6.59. The van der Waals surface area contributed by atoms with Gasteiger partial charge in [-0.2, -0.15) is 0 Å². The van der Waals surface area contributed by atoms with Crippen molar-refractivity contribution in [3.63, 3.8) is 0 Å². The summed E-state index contributed by atoms with van der Waals surface area (Å²) in [7, 11) is 0. The summed E-state index contributed by atoms with van der Waals surface area (Å²) in [6.07, 6.45) is 0. The number of halogens is 2. The lowest BCUT2D eigenvalue weighted by Crippen LogP contribution is -2.16. The summed E-state index contributed by atoms with van der Waals surface area (Å²) in [5.41, 5.74) is 7.63. The van der Waals surface area contributed by atoms with E-state index in [9.17, 15) is 0 Å². The molecule has 0 saturated carbocycles. The molecule has 2 aliphatic rings. The SMILES string of the molecule is CC(N=c1cc2n(-c3ccc(Cl)cc3)c3ccccc3nc-2cc1Nc1ccc(Cl)cc1)c1ccccc1. The summed E-state index contributed by atoms with van der Waals surface area (Å²) in [4.78, 5) is 10.2. The van der Waals surface area contributed by atoms with E-state index in [-0.39, 0.29) is 6.04 Å². The van der Waals surface area contributed by atoms with Gasteiger partial charge in [-0.05, 0) is 85.3 Å². The minimum atomic E-state index is -0.0446. The monoisotopic (exact) mass is 534 g/mol. The molecule has 1 aliphatic heterocycles. The maximum absolute atomic E-state index is 6.23. The van der Waals surface area contributed by atoms with Crippen molar-refractivity contribution >= 4 is 45.6 Å². The molecular formula is C32H24Cl2N4. The number of hydrogen-bond donors (Lipinski definition) is 1. The molecule has 1 heterocycles. The van der Waals surface area contributed by atoms with E-state index in [2.05, 4.69) is 47.1 Å². The zero-order valence-electron chi connectivity index (χ0n) is 20.6. The Labute approximate surface area is 231 Å². The number of para-hydroxylation sites is 2. The van der Waals surface area contributed by atoms with Gasteiger partial charge >= 0.3 is 0 Å². The van der Waals surface area contributed by atoms with E-state index in [1.165, 1.54) is 0 Å². The van der Waals surface area contributed by atoms with E-state index in [4.69, 9.17) is 33.2 Å². The van der Waals surface area contributed by atoms with Crippen molar-refractivity contribution in [3.8, 4) is 17.1 Å². The molecule has 1 aliphatic carbocycles. The van der Waals surface area contributed by atoms with Crippen molar-refractivity contribution in [2.24, 2.45) is 4.99 Å². The van der Waals surface area contributed by atoms with Gasteiger partial charge in [0.05, 0.1) is 39.5 Å². The van der Waals surface area contributed by atoms with Crippen molar-refractivity contribution in [1.82, 2.24) is 9.55 Å². The molecule has 0 radical (unpaired) electrons. The Hall–Kier alpha value is -4.12. The molecule has 0 fully saturated rings. The molecule has 1 N–H and O–H groups in total. The van der Waals surface area contributed by atoms with E-state index in [0.717, 1.165) is 50.4 Å². The van der Waals surface area contributed by atoms with Crippen molar-refractivity contribution in [2.45, 2.75) is 13.0 Å². The lowest BCUT2D eigenvalue weighted by molar-refractivity contribution is 0.790. The van der Waals surface area contributed by atoms with Gasteiger partial charge in [0, 0.05) is 21.4 Å². The van der Waals surface area contributed by atoms with Gasteiger partial charge in [-0.1, -0.05) is 65.7 Å². The molecule has 186 valence electrons. The highest BCUT2D eigenvalue weighted by Crippen LogP contribution is 2.31. The summed E-state index contributed by atoms with van der Waals surface area (Å²) in [6, 6.07) is 38.1. The first kappa shape index (κ1) is 24.2. The second-order valence-corrected chi connectivity index (χ2v) is 9.99. The number of benzene rings is 5. The highest BCUT2D eigenvalue weighted by Gasteiger charge is 2.17. The molecule has 6 heteroatoms. The van der Waals surface area contributed by atoms with E-state index in [1.54, 1.807) is 0 Å². The van der Waals surface area contributed by atoms with E-state index in [1.807, 2.05) is 84.9 Å². The van der Waals surface area contributed by atoms with E-state index >= 15 is 0 Å². The Morgan fingerprint density at radius 3 is 2.16 bits per heavy atom. The molecule has 4 aromatic carbocycles. The largest absolute Gasteiger partial charge is 0.354 e. The summed E-state index contributed by atoms with van der Waals surface area (Å²) in [5, 5.41) is 5.76. The first-order valence-electron chi connectivity index (χ1n) is 12.4. The topological polar surface area (TPSA) is 42.2 Å². The van der Waals surface area contributed by atoms with Gasteiger partial charge in [-0.3, -0.25) is 4.99 Å². The van der Waals surface area contributed by atoms with Gasteiger partial charge in [0.15, 0.2) is 0 Å². The minimum absolute atomic E-state index is 0.0446. The summed E-state index contributed by atoms with van der Waals surface area (Å²) < 4.78 is 2.21. The molecular weight excluding hydrogens is 511 g/mol. The van der Waals surface area contributed by atoms with Crippen LogP contribution in [-0.4, -0.2) is 9.55 Å². The maximum Gasteiger partial charge on any atom is 0.0900 e. The Balaban J connectivity index is 1.63. The van der Waals surface area contributed by atoms with Gasteiger partial charge in [-0.15, -0.1) is 0 Å². The fourth-order valence-corrected chi connectivity index (χ4v) is 4.87. The van der Waals surface area contributed by atoms with Crippen LogP contribution in [-0.2, 0) is 0 Å². The quantitative estimate of drug-likeness (QED) is 0.224. The first-order valence-corrected chi connectivity index (χ1v) is 13.1. The number of nitrogens with one attached hydrogen (secondary N) is 1. The van der Waals surface area contributed by atoms with Gasteiger partial charge in [0.2, 0.25) is 0 Å². The van der Waals surface area contributed by atoms with Crippen molar-refractivity contribution in [3.05, 3.63) is 136 Å². The minimum Gasteiger partial charge on any atom is -0.354 e. The lowest BCUT2D eigenvalue weighted by Gasteiger charge is -2.20. The predicted molar refractivity (Wildman–Crippen MR) is 158 cm³/mol. The zero-order valence-corrected chi connectivity index (χ0v) is 22.2. The molecule has 38 heavy (non-hydrogen) atoms. The number of hydrogen-bond acceptors (Lipinski definition) is 3. The Bertz CT molecular complexity index is 1760. The van der Waals surface area contributed by atoms with Crippen LogP contribution in [0.15, 0.2) is 120 Å². The zero-order chi connectivity index (χ0) is 26.1. The summed E-state index contributed by atoms with van der Waals surface area (Å²) in [5.74, 6) is 0. The third-order valence-electron chi connectivity index (χ3n) is 6.52. The van der Waals surface area contributed by atoms with Crippen LogP contribution >= 0.6 is 23.2 Å². The van der Waals surface area contributed by atoms with Crippen LogP contribution in [0.5, 0.6) is 0 Å². The molecule has 6 rings (SSSR count). The van der Waals surface area contributed by atoms with Crippen LogP contribution in [0, 0.1) is 0 Å². The fraction of sp³-hybridized carbons (Fsp3) is 0.0625. The van der Waals surface area contributed by atoms with Crippen LogP contribution in [0.4, 0.5) is 11.4 Å². The third kappa shape index (κ3) is 4.89. The van der Waals surface area contributed by atoms with Gasteiger partial charge in [-0.25, -0.2) is 4.98 Å². The summed E-state index contributed by atoms with van der Waals surface area (Å²) in [6.45, 7) is 2.11. The number of rotatable bonds is 5. The van der Waals surface area contributed by atoms with Crippen LogP contribution in [0.2, 0.25) is 10.0 Å². The molecule has 4 nitrogen and oxygen atoms in total. The van der Waals surface area contributed by atoms with Crippen LogP contribution in [0.1, 0.15) is 18.5 Å². The lowest BCUT2D eigenvalue weighted by atomic mass is 10.1. The number of nitrogens with zero attached hydrogens (tertiary/aromatic N) is 3. The molecule has 0 spiro atoms. The highest BCUT2D eigenvalue weighted by molar-refractivity contribution is 6.30. The maximum atomic E-state index is 6.23. The van der Waals surface area contributed by atoms with Crippen LogP contribution in [0.3, 0.4) is 0 Å². The molecule has 0 saturated heterocycles. The van der Waals surface area contributed by atoms with Crippen molar-refractivity contribution in [1.29, 1.82) is 0 Å². The average Bonchev–Trinajstić information content (AvgIpc) is 2.94. The smallest absolute Gasteiger partial charge is 0.0900 e. The summed E-state index contributed by atoms with van der Waals surface area (Å²) >= 11 is 12.4. The molecule has 0 bridgehead atoms. The second-order valence-electron chi connectivity index (χ2n) is 9.12. The predicted octanol–water partition coefficient (Wildman–Crippen LogP) is 8.84. The standard InChI is InChI=1S/C32H24Cl2N4/c1-21(22-7-3-2-4-8-22)35-29-20-32-30(19-28(29)36-25-15-11-23(33)12-16-25)37-27-9-5-6-10-31(27)38(32)26-17-13-24(34)14-18-26/h2-21,36H,1H3. The third-order valence-corrected chi connectivity index (χ3v) is 7.02. The second kappa shape index (κ2) is 10.3. The molecule has 0 amide bonds. The first-order chi connectivity index (χ1) is 18.5. The van der Waals surface area contributed by atoms with Gasteiger partial charge in [0.25, 0.3) is 0 Å². The van der Waals surface area contributed by atoms with Gasteiger partial charge in [0.1, 0.15) is 0 Å². The number of anilines is 2.